The first-order chi connectivity index (χ1) is 36.0. The maximum absolute atomic E-state index is 12.8. The Kier molecular flexibility index (Phi) is 55.5. The minimum atomic E-state index is -0.828. The average molecular weight is 1010 g/mol. The number of hydrogen-bond acceptors (Lipinski definition) is 6. The van der Waals surface area contributed by atoms with Gasteiger partial charge in [-0.3, -0.25) is 14.4 Å². The van der Waals surface area contributed by atoms with Gasteiger partial charge in [-0.15, -0.1) is 0 Å². The van der Waals surface area contributed by atoms with Gasteiger partial charge in [0, 0.05) is 19.3 Å². The summed E-state index contributed by atoms with van der Waals surface area (Å²) in [6, 6.07) is 0. The molecule has 0 N–H and O–H groups in total. The highest BCUT2D eigenvalue weighted by Gasteiger charge is 2.19. The molecule has 0 spiro atoms. The molecular formula is C67H104O6. The fourth-order valence-electron chi connectivity index (χ4n) is 7.27. The molecule has 0 aliphatic carbocycles. The van der Waals surface area contributed by atoms with Gasteiger partial charge in [0.15, 0.2) is 6.10 Å². The SMILES string of the molecule is CC/C=C\C/C=C\C/C=C\C/C=C\C/C=C\CCCCCCCCCCCC(=O)OCC(COC(=O)CCCC/C=C\C/C=C\C/C=C\C/C=C\CC)OC(=O)CCCC/C=C\C/C=C\C/C=C\C/C=C\CC. The Labute approximate surface area is 448 Å². The first kappa shape index (κ1) is 68.0. The van der Waals surface area contributed by atoms with E-state index in [0.717, 1.165) is 135 Å². The summed E-state index contributed by atoms with van der Waals surface area (Å²) in [4.78, 5) is 38.2. The molecular weight excluding hydrogens is 901 g/mol. The van der Waals surface area contributed by atoms with Gasteiger partial charge < -0.3 is 14.2 Å². The minimum absolute atomic E-state index is 0.118. The van der Waals surface area contributed by atoms with Crippen LogP contribution < -0.4 is 0 Å². The Bertz CT molecular complexity index is 1670. The molecule has 0 radical (unpaired) electrons. The number of ether oxygens (including phenoxy) is 3. The van der Waals surface area contributed by atoms with E-state index in [1.807, 2.05) is 0 Å². The second-order valence-electron chi connectivity index (χ2n) is 18.4. The standard InChI is InChI=1S/C67H104O6/c1-4-7-10-13-16-19-22-25-28-29-30-31-32-33-34-35-36-37-40-42-45-48-51-54-57-60-66(69)72-63-64(73-67(70)61-58-55-52-49-46-43-39-27-24-21-18-15-12-9-6-3)62-71-65(68)59-56-53-50-47-44-41-38-26-23-20-17-14-11-8-5-2/h7-12,16-21,25-28,30-31,33-34,38-39,44,46-47,49,64H,4-6,13-15,22-24,29,32,35-37,40-43,45,48,50-63H2,1-3H3/b10-7-,11-8-,12-9-,19-16-,20-17-,21-18-,28-25-,31-30-,34-33-,38-26-,39-27-,47-44-,49-46-. The Morgan fingerprint density at radius 2 is 0.493 bits per heavy atom. The summed E-state index contributed by atoms with van der Waals surface area (Å²) in [5.74, 6) is -1.02. The molecule has 0 aliphatic rings. The molecule has 0 aromatic carbocycles. The van der Waals surface area contributed by atoms with Crippen molar-refractivity contribution in [2.24, 2.45) is 0 Å². The highest BCUT2D eigenvalue weighted by Crippen LogP contribution is 2.13. The van der Waals surface area contributed by atoms with E-state index in [1.54, 1.807) is 0 Å². The first-order valence-electron chi connectivity index (χ1n) is 29.0. The molecule has 0 aromatic rings. The van der Waals surface area contributed by atoms with E-state index in [4.69, 9.17) is 14.2 Å². The minimum Gasteiger partial charge on any atom is -0.462 e. The Morgan fingerprint density at radius 3 is 0.795 bits per heavy atom. The molecule has 0 amide bonds. The molecule has 0 saturated heterocycles. The number of carbonyl (C=O) groups is 3. The van der Waals surface area contributed by atoms with Crippen molar-refractivity contribution in [3.8, 4) is 0 Å². The maximum atomic E-state index is 12.8. The molecule has 73 heavy (non-hydrogen) atoms. The van der Waals surface area contributed by atoms with E-state index in [2.05, 4.69) is 179 Å². The molecule has 6 nitrogen and oxygen atoms in total. The van der Waals surface area contributed by atoms with Crippen LogP contribution in [-0.2, 0) is 28.6 Å². The van der Waals surface area contributed by atoms with Crippen molar-refractivity contribution < 1.29 is 28.6 Å². The molecule has 0 fully saturated rings. The lowest BCUT2D eigenvalue weighted by Gasteiger charge is -2.18. The van der Waals surface area contributed by atoms with Gasteiger partial charge in [-0.1, -0.05) is 224 Å². The molecule has 1 atom stereocenters. The highest BCUT2D eigenvalue weighted by atomic mass is 16.6. The number of carbonyl (C=O) groups excluding carboxylic acids is 3. The summed E-state index contributed by atoms with van der Waals surface area (Å²) in [6.07, 6.45) is 86.7. The van der Waals surface area contributed by atoms with Gasteiger partial charge in [0.1, 0.15) is 13.2 Å². The Balaban J connectivity index is 4.46. The summed E-state index contributed by atoms with van der Waals surface area (Å²) in [5.41, 5.74) is 0. The van der Waals surface area contributed by atoms with Crippen molar-refractivity contribution in [2.45, 2.75) is 232 Å². The molecule has 0 aliphatic heterocycles. The monoisotopic (exact) mass is 1000 g/mol. The largest absolute Gasteiger partial charge is 0.462 e. The van der Waals surface area contributed by atoms with Crippen LogP contribution in [0.1, 0.15) is 226 Å². The quantitative estimate of drug-likeness (QED) is 0.0261. The fraction of sp³-hybridized carbons (Fsp3) is 0.567. The molecule has 0 heterocycles. The molecule has 408 valence electrons. The van der Waals surface area contributed by atoms with Gasteiger partial charge in [0.05, 0.1) is 0 Å². The van der Waals surface area contributed by atoms with Gasteiger partial charge in [0.25, 0.3) is 0 Å². The fourth-order valence-corrected chi connectivity index (χ4v) is 7.27. The lowest BCUT2D eigenvalue weighted by atomic mass is 10.1. The van der Waals surface area contributed by atoms with Gasteiger partial charge in [-0.25, -0.2) is 0 Å². The Morgan fingerprint density at radius 1 is 0.274 bits per heavy atom. The predicted molar refractivity (Wildman–Crippen MR) is 315 cm³/mol. The summed E-state index contributed by atoms with van der Waals surface area (Å²) in [6.45, 7) is 6.20. The lowest BCUT2D eigenvalue weighted by molar-refractivity contribution is -0.167. The second kappa shape index (κ2) is 59.6. The van der Waals surface area contributed by atoms with E-state index >= 15 is 0 Å². The van der Waals surface area contributed by atoms with Crippen molar-refractivity contribution in [1.82, 2.24) is 0 Å². The third kappa shape index (κ3) is 57.8. The summed E-state index contributed by atoms with van der Waals surface area (Å²) < 4.78 is 16.8. The van der Waals surface area contributed by atoms with Crippen molar-refractivity contribution >= 4 is 17.9 Å². The van der Waals surface area contributed by atoms with E-state index in [0.29, 0.717) is 19.3 Å². The molecule has 0 bridgehead atoms. The number of unbranched alkanes of at least 4 members (excludes halogenated alkanes) is 13. The van der Waals surface area contributed by atoms with Crippen LogP contribution in [-0.4, -0.2) is 37.2 Å². The van der Waals surface area contributed by atoms with E-state index in [1.165, 1.54) is 38.5 Å². The van der Waals surface area contributed by atoms with Crippen molar-refractivity contribution in [1.29, 1.82) is 0 Å². The zero-order chi connectivity index (χ0) is 52.9. The lowest BCUT2D eigenvalue weighted by Crippen LogP contribution is -2.30. The van der Waals surface area contributed by atoms with Gasteiger partial charge in [-0.2, -0.15) is 0 Å². The summed E-state index contributed by atoms with van der Waals surface area (Å²) in [7, 11) is 0. The maximum Gasteiger partial charge on any atom is 0.306 e. The molecule has 0 rings (SSSR count). The summed E-state index contributed by atoms with van der Waals surface area (Å²) in [5, 5.41) is 0. The topological polar surface area (TPSA) is 78.9 Å². The highest BCUT2D eigenvalue weighted by molar-refractivity contribution is 5.71. The van der Waals surface area contributed by atoms with Crippen molar-refractivity contribution in [3.05, 3.63) is 158 Å². The molecule has 0 saturated carbocycles. The number of rotatable bonds is 50. The average Bonchev–Trinajstić information content (AvgIpc) is 3.39. The van der Waals surface area contributed by atoms with Crippen LogP contribution in [0.4, 0.5) is 0 Å². The normalized spacial score (nSPS) is 13.3. The van der Waals surface area contributed by atoms with Gasteiger partial charge >= 0.3 is 17.9 Å². The van der Waals surface area contributed by atoms with Crippen LogP contribution in [0, 0.1) is 0 Å². The summed E-state index contributed by atoms with van der Waals surface area (Å²) >= 11 is 0. The zero-order valence-electron chi connectivity index (χ0n) is 46.6. The van der Waals surface area contributed by atoms with Crippen molar-refractivity contribution in [2.75, 3.05) is 13.2 Å². The first-order valence-corrected chi connectivity index (χ1v) is 29.0. The van der Waals surface area contributed by atoms with E-state index < -0.39 is 6.10 Å². The molecule has 0 aromatic heterocycles. The zero-order valence-corrected chi connectivity index (χ0v) is 46.6. The van der Waals surface area contributed by atoms with Crippen LogP contribution in [0.3, 0.4) is 0 Å². The number of hydrogen-bond donors (Lipinski definition) is 0. The van der Waals surface area contributed by atoms with Gasteiger partial charge in [0.2, 0.25) is 0 Å². The Hall–Kier alpha value is -4.97. The van der Waals surface area contributed by atoms with Crippen molar-refractivity contribution in [3.63, 3.8) is 0 Å². The third-order valence-corrected chi connectivity index (χ3v) is 11.5. The number of allylic oxidation sites excluding steroid dienone is 26. The van der Waals surface area contributed by atoms with Crippen LogP contribution in [0.15, 0.2) is 158 Å². The van der Waals surface area contributed by atoms with Crippen LogP contribution in [0.5, 0.6) is 0 Å². The molecule has 1 unspecified atom stereocenters. The van der Waals surface area contributed by atoms with Crippen LogP contribution in [0.25, 0.3) is 0 Å². The predicted octanol–water partition coefficient (Wildman–Crippen LogP) is 19.8. The van der Waals surface area contributed by atoms with E-state index in [-0.39, 0.29) is 44.0 Å². The van der Waals surface area contributed by atoms with Crippen LogP contribution in [0.2, 0.25) is 0 Å². The second-order valence-corrected chi connectivity index (χ2v) is 18.4. The smallest absolute Gasteiger partial charge is 0.306 e. The molecule has 6 heteroatoms. The number of esters is 3. The van der Waals surface area contributed by atoms with Crippen LogP contribution >= 0.6 is 0 Å². The van der Waals surface area contributed by atoms with E-state index in [9.17, 15) is 14.4 Å². The van der Waals surface area contributed by atoms with Gasteiger partial charge in [-0.05, 0) is 141 Å². The third-order valence-electron chi connectivity index (χ3n) is 11.5.